The summed E-state index contributed by atoms with van der Waals surface area (Å²) in [5.41, 5.74) is 0.885. The van der Waals surface area contributed by atoms with Gasteiger partial charge in [-0.1, -0.05) is 11.3 Å². The zero-order chi connectivity index (χ0) is 11.5. The van der Waals surface area contributed by atoms with Gasteiger partial charge in [0, 0.05) is 11.6 Å². The van der Waals surface area contributed by atoms with E-state index in [0.717, 1.165) is 15.7 Å². The van der Waals surface area contributed by atoms with Crippen molar-refractivity contribution >= 4 is 16.5 Å². The number of nitrogens with zero attached hydrogens (tertiary/aromatic N) is 2. The first-order valence-electron chi connectivity index (χ1n) is 5.01. The van der Waals surface area contributed by atoms with Gasteiger partial charge in [0.05, 0.1) is 0 Å². The highest BCUT2D eigenvalue weighted by molar-refractivity contribution is 7.18. The van der Waals surface area contributed by atoms with Gasteiger partial charge in [-0.15, -0.1) is 10.2 Å². The summed E-state index contributed by atoms with van der Waals surface area (Å²) in [4.78, 5) is 0. The van der Waals surface area contributed by atoms with Gasteiger partial charge in [-0.2, -0.15) is 0 Å². The molecule has 1 heterocycles. The molecular weight excluding hydrogens is 225 g/mol. The summed E-state index contributed by atoms with van der Waals surface area (Å²) in [6.45, 7) is 4.08. The number of benzene rings is 1. The van der Waals surface area contributed by atoms with Gasteiger partial charge in [0.1, 0.15) is 10.8 Å². The largest absolute Gasteiger partial charge is 0.358 e. The van der Waals surface area contributed by atoms with E-state index in [-0.39, 0.29) is 5.82 Å². The molecule has 0 saturated carbocycles. The fraction of sp³-hybridized carbons (Fsp3) is 0.273. The number of anilines is 1. The Morgan fingerprint density at radius 1 is 1.19 bits per heavy atom. The van der Waals surface area contributed by atoms with Crippen LogP contribution < -0.4 is 5.32 Å². The van der Waals surface area contributed by atoms with Crippen LogP contribution in [0, 0.1) is 5.82 Å². The molecule has 0 amide bonds. The van der Waals surface area contributed by atoms with Gasteiger partial charge in [-0.25, -0.2) is 4.39 Å². The molecule has 0 aliphatic carbocycles. The average molecular weight is 237 g/mol. The van der Waals surface area contributed by atoms with E-state index >= 15 is 0 Å². The van der Waals surface area contributed by atoms with Gasteiger partial charge in [-0.3, -0.25) is 0 Å². The molecule has 3 nitrogen and oxygen atoms in total. The lowest BCUT2D eigenvalue weighted by molar-refractivity contribution is 0.628. The fourth-order valence-corrected chi connectivity index (χ4v) is 2.13. The summed E-state index contributed by atoms with van der Waals surface area (Å²) < 4.78 is 12.7. The van der Waals surface area contributed by atoms with Crippen LogP contribution in [-0.2, 0) is 0 Å². The second kappa shape index (κ2) is 4.57. The monoisotopic (exact) mass is 237 g/mol. The van der Waals surface area contributed by atoms with E-state index in [0.29, 0.717) is 6.04 Å². The van der Waals surface area contributed by atoms with Crippen molar-refractivity contribution in [2.75, 3.05) is 5.32 Å². The van der Waals surface area contributed by atoms with Crippen LogP contribution >= 0.6 is 11.3 Å². The minimum Gasteiger partial charge on any atom is -0.358 e. The van der Waals surface area contributed by atoms with Crippen molar-refractivity contribution in [1.82, 2.24) is 10.2 Å². The number of hydrogen-bond acceptors (Lipinski definition) is 4. The number of aromatic nitrogens is 2. The maximum absolute atomic E-state index is 12.7. The van der Waals surface area contributed by atoms with Crippen LogP contribution in [0.2, 0.25) is 0 Å². The highest BCUT2D eigenvalue weighted by Crippen LogP contribution is 2.26. The molecule has 5 heteroatoms. The molecule has 2 aromatic rings. The lowest BCUT2D eigenvalue weighted by atomic mass is 10.2. The zero-order valence-corrected chi connectivity index (χ0v) is 9.88. The van der Waals surface area contributed by atoms with E-state index in [9.17, 15) is 4.39 Å². The van der Waals surface area contributed by atoms with Crippen molar-refractivity contribution < 1.29 is 4.39 Å². The van der Waals surface area contributed by atoms with Crippen LogP contribution in [0.15, 0.2) is 24.3 Å². The van der Waals surface area contributed by atoms with Crippen molar-refractivity contribution in [2.45, 2.75) is 19.9 Å². The van der Waals surface area contributed by atoms with Crippen molar-refractivity contribution in [2.24, 2.45) is 0 Å². The van der Waals surface area contributed by atoms with Gasteiger partial charge in [0.25, 0.3) is 0 Å². The molecule has 0 aliphatic rings. The molecule has 16 heavy (non-hydrogen) atoms. The van der Waals surface area contributed by atoms with Crippen LogP contribution in [0.25, 0.3) is 10.6 Å². The second-order valence-electron chi connectivity index (χ2n) is 3.72. The highest BCUT2D eigenvalue weighted by Gasteiger charge is 2.07. The molecule has 2 rings (SSSR count). The normalized spacial score (nSPS) is 10.8. The topological polar surface area (TPSA) is 37.8 Å². The Balaban J connectivity index is 2.21. The first-order valence-corrected chi connectivity index (χ1v) is 5.83. The third-order valence-corrected chi connectivity index (χ3v) is 2.83. The summed E-state index contributed by atoms with van der Waals surface area (Å²) in [5.74, 6) is -0.242. The van der Waals surface area contributed by atoms with Crippen molar-refractivity contribution in [3.8, 4) is 10.6 Å². The molecule has 1 aromatic heterocycles. The zero-order valence-electron chi connectivity index (χ0n) is 9.07. The number of rotatable bonds is 3. The Labute approximate surface area is 97.3 Å². The molecular formula is C11H12FN3S. The second-order valence-corrected chi connectivity index (χ2v) is 4.70. The SMILES string of the molecule is CC(C)Nc1nnc(-c2ccc(F)cc2)s1. The van der Waals surface area contributed by atoms with E-state index in [1.807, 2.05) is 13.8 Å². The minimum atomic E-state index is -0.242. The van der Waals surface area contributed by atoms with Crippen LogP contribution in [0.4, 0.5) is 9.52 Å². The van der Waals surface area contributed by atoms with Crippen molar-refractivity contribution in [3.05, 3.63) is 30.1 Å². The lowest BCUT2D eigenvalue weighted by Gasteiger charge is -2.03. The Hall–Kier alpha value is -1.49. The molecule has 0 unspecified atom stereocenters. The third kappa shape index (κ3) is 2.55. The molecule has 0 saturated heterocycles. The highest BCUT2D eigenvalue weighted by atomic mass is 32.1. The van der Waals surface area contributed by atoms with Crippen molar-refractivity contribution in [3.63, 3.8) is 0 Å². The first-order chi connectivity index (χ1) is 7.65. The van der Waals surface area contributed by atoms with E-state index in [2.05, 4.69) is 15.5 Å². The molecule has 1 aromatic carbocycles. The van der Waals surface area contributed by atoms with Gasteiger partial charge in [0.15, 0.2) is 0 Å². The molecule has 0 aliphatic heterocycles. The maximum Gasteiger partial charge on any atom is 0.206 e. The van der Waals surface area contributed by atoms with Crippen molar-refractivity contribution in [1.29, 1.82) is 0 Å². The standard InChI is InChI=1S/C11H12FN3S/c1-7(2)13-11-15-14-10(16-11)8-3-5-9(12)6-4-8/h3-7H,1-2H3,(H,13,15). The summed E-state index contributed by atoms with van der Waals surface area (Å²) >= 11 is 1.46. The van der Waals surface area contributed by atoms with Crippen LogP contribution in [0.3, 0.4) is 0 Å². The third-order valence-electron chi connectivity index (χ3n) is 1.93. The molecule has 0 radical (unpaired) electrons. The van der Waals surface area contributed by atoms with Crippen LogP contribution in [0.1, 0.15) is 13.8 Å². The van der Waals surface area contributed by atoms with E-state index in [1.54, 1.807) is 12.1 Å². The number of hydrogen-bond donors (Lipinski definition) is 1. The Bertz CT molecular complexity index is 464. The first kappa shape index (κ1) is 11.0. The fourth-order valence-electron chi connectivity index (χ4n) is 1.24. The quantitative estimate of drug-likeness (QED) is 0.891. The maximum atomic E-state index is 12.7. The van der Waals surface area contributed by atoms with E-state index in [1.165, 1.54) is 23.5 Å². The van der Waals surface area contributed by atoms with E-state index in [4.69, 9.17) is 0 Å². The molecule has 84 valence electrons. The molecule has 0 atom stereocenters. The number of nitrogens with one attached hydrogen (secondary N) is 1. The van der Waals surface area contributed by atoms with Gasteiger partial charge in [-0.05, 0) is 38.1 Å². The minimum absolute atomic E-state index is 0.242. The van der Waals surface area contributed by atoms with Crippen LogP contribution in [0.5, 0.6) is 0 Å². The Morgan fingerprint density at radius 2 is 1.88 bits per heavy atom. The number of halogens is 1. The molecule has 1 N–H and O–H groups in total. The average Bonchev–Trinajstić information content (AvgIpc) is 2.66. The van der Waals surface area contributed by atoms with Gasteiger partial charge in [0.2, 0.25) is 5.13 Å². The molecule has 0 spiro atoms. The predicted octanol–water partition coefficient (Wildman–Crippen LogP) is 3.16. The summed E-state index contributed by atoms with van der Waals surface area (Å²) in [7, 11) is 0. The Morgan fingerprint density at radius 3 is 2.50 bits per heavy atom. The summed E-state index contributed by atoms with van der Waals surface area (Å²) in [6, 6.07) is 6.58. The Kier molecular flexibility index (Phi) is 3.14. The molecule has 0 bridgehead atoms. The molecule has 0 fully saturated rings. The van der Waals surface area contributed by atoms with Crippen LogP contribution in [-0.4, -0.2) is 16.2 Å². The van der Waals surface area contributed by atoms with E-state index < -0.39 is 0 Å². The lowest BCUT2D eigenvalue weighted by Crippen LogP contribution is -2.08. The summed E-state index contributed by atoms with van der Waals surface area (Å²) in [6.07, 6.45) is 0. The van der Waals surface area contributed by atoms with Gasteiger partial charge < -0.3 is 5.32 Å². The summed E-state index contributed by atoms with van der Waals surface area (Å²) in [5, 5.41) is 12.8. The van der Waals surface area contributed by atoms with Gasteiger partial charge >= 0.3 is 0 Å². The smallest absolute Gasteiger partial charge is 0.206 e. The predicted molar refractivity (Wildman–Crippen MR) is 64.1 cm³/mol.